The van der Waals surface area contributed by atoms with Gasteiger partial charge in [0.15, 0.2) is 0 Å². The molecule has 0 spiro atoms. The van der Waals surface area contributed by atoms with Gasteiger partial charge in [0.25, 0.3) is 0 Å². The molecule has 1 aromatic carbocycles. The van der Waals surface area contributed by atoms with E-state index in [0.29, 0.717) is 4.90 Å². The third-order valence-electron chi connectivity index (χ3n) is 3.02. The predicted molar refractivity (Wildman–Crippen MR) is 91.5 cm³/mol. The molecule has 120 valence electrons. The van der Waals surface area contributed by atoms with E-state index in [2.05, 4.69) is 17.0 Å². The lowest BCUT2D eigenvalue weighted by molar-refractivity contribution is 0.571. The summed E-state index contributed by atoms with van der Waals surface area (Å²) in [6.45, 7) is 5.95. The Labute approximate surface area is 133 Å². The molecule has 0 heterocycles. The maximum absolute atomic E-state index is 12.2. The zero-order valence-electron chi connectivity index (χ0n) is 13.1. The highest BCUT2D eigenvalue weighted by atomic mass is 32.2. The smallest absolute Gasteiger partial charge is 0.240 e. The van der Waals surface area contributed by atoms with Crippen LogP contribution in [0.25, 0.3) is 0 Å². The van der Waals surface area contributed by atoms with Crippen LogP contribution in [0.3, 0.4) is 0 Å². The van der Waals surface area contributed by atoms with Gasteiger partial charge in [0.2, 0.25) is 10.0 Å². The van der Waals surface area contributed by atoms with Crippen molar-refractivity contribution in [1.29, 1.82) is 0 Å². The predicted octanol–water partition coefficient (Wildman–Crippen LogP) is 2.26. The lowest BCUT2D eigenvalue weighted by atomic mass is 10.1. The zero-order valence-corrected chi connectivity index (χ0v) is 14.7. The number of rotatable bonds is 10. The molecular weight excluding hydrogens is 304 g/mol. The van der Waals surface area contributed by atoms with Gasteiger partial charge < -0.3 is 5.32 Å². The molecule has 0 radical (unpaired) electrons. The van der Waals surface area contributed by atoms with Crippen LogP contribution >= 0.6 is 11.8 Å². The summed E-state index contributed by atoms with van der Waals surface area (Å²) >= 11 is 1.63. The van der Waals surface area contributed by atoms with Crippen molar-refractivity contribution in [3.05, 3.63) is 29.8 Å². The second-order valence-corrected chi connectivity index (χ2v) is 7.75. The highest BCUT2D eigenvalue weighted by molar-refractivity contribution is 7.98. The minimum absolute atomic E-state index is 0.0667. The summed E-state index contributed by atoms with van der Waals surface area (Å²) in [7, 11) is -3.41. The summed E-state index contributed by atoms with van der Waals surface area (Å²) in [6, 6.07) is 7.08. The highest BCUT2D eigenvalue weighted by Crippen LogP contribution is 2.12. The normalized spacial score (nSPS) is 13.3. The first kappa shape index (κ1) is 18.5. The molecule has 1 unspecified atom stereocenters. The van der Waals surface area contributed by atoms with E-state index in [4.69, 9.17) is 0 Å². The van der Waals surface area contributed by atoms with E-state index in [-0.39, 0.29) is 6.04 Å². The van der Waals surface area contributed by atoms with Crippen LogP contribution in [0.2, 0.25) is 0 Å². The highest BCUT2D eigenvalue weighted by Gasteiger charge is 2.16. The van der Waals surface area contributed by atoms with Crippen LogP contribution in [-0.2, 0) is 16.4 Å². The van der Waals surface area contributed by atoms with Crippen molar-refractivity contribution >= 4 is 21.8 Å². The molecule has 0 aromatic heterocycles. The van der Waals surface area contributed by atoms with Gasteiger partial charge in [-0.15, -0.1) is 0 Å². The minimum Gasteiger partial charge on any atom is -0.316 e. The van der Waals surface area contributed by atoms with Crippen molar-refractivity contribution in [3.63, 3.8) is 0 Å². The molecule has 1 rings (SSSR count). The molecule has 0 aliphatic rings. The van der Waals surface area contributed by atoms with Gasteiger partial charge >= 0.3 is 0 Å². The van der Waals surface area contributed by atoms with Gasteiger partial charge in [-0.05, 0) is 56.8 Å². The van der Waals surface area contributed by atoms with E-state index in [1.54, 1.807) is 23.9 Å². The Hall–Kier alpha value is -0.560. The van der Waals surface area contributed by atoms with Gasteiger partial charge in [0.05, 0.1) is 4.90 Å². The summed E-state index contributed by atoms with van der Waals surface area (Å²) in [5.41, 5.74) is 1.15. The van der Waals surface area contributed by atoms with Gasteiger partial charge in [-0.1, -0.05) is 19.1 Å². The van der Waals surface area contributed by atoms with Crippen molar-refractivity contribution < 1.29 is 8.42 Å². The molecule has 4 nitrogen and oxygen atoms in total. The Morgan fingerprint density at radius 3 is 2.43 bits per heavy atom. The number of nitrogens with one attached hydrogen (secondary N) is 2. The summed E-state index contributed by atoms with van der Waals surface area (Å²) < 4.78 is 27.1. The Balaban J connectivity index is 2.59. The minimum atomic E-state index is -3.41. The molecule has 0 saturated carbocycles. The van der Waals surface area contributed by atoms with Gasteiger partial charge in [0.1, 0.15) is 0 Å². The van der Waals surface area contributed by atoms with E-state index in [9.17, 15) is 8.42 Å². The summed E-state index contributed by atoms with van der Waals surface area (Å²) in [4.78, 5) is 0.334. The first-order chi connectivity index (χ1) is 9.99. The zero-order chi connectivity index (χ0) is 15.7. The molecule has 21 heavy (non-hydrogen) atoms. The first-order valence-corrected chi connectivity index (χ1v) is 10.2. The Morgan fingerprint density at radius 2 is 1.86 bits per heavy atom. The van der Waals surface area contributed by atoms with Crippen LogP contribution in [0, 0.1) is 0 Å². The molecule has 6 heteroatoms. The van der Waals surface area contributed by atoms with Crippen molar-refractivity contribution in [3.8, 4) is 0 Å². The fourth-order valence-corrected chi connectivity index (χ4v) is 3.92. The lowest BCUT2D eigenvalue weighted by Crippen LogP contribution is -2.34. The molecule has 0 bridgehead atoms. The van der Waals surface area contributed by atoms with Crippen molar-refractivity contribution in [2.45, 2.75) is 37.6 Å². The topological polar surface area (TPSA) is 58.2 Å². The molecule has 0 aliphatic heterocycles. The Kier molecular flexibility index (Phi) is 8.33. The molecular formula is C15H26N2O2S2. The summed E-state index contributed by atoms with van der Waals surface area (Å²) in [5, 5.41) is 3.34. The van der Waals surface area contributed by atoms with Gasteiger partial charge in [-0.3, -0.25) is 0 Å². The molecule has 1 aromatic rings. The quantitative estimate of drug-likeness (QED) is 0.646. The van der Waals surface area contributed by atoms with Gasteiger partial charge in [-0.25, -0.2) is 13.1 Å². The fourth-order valence-electron chi connectivity index (χ4n) is 1.99. The molecule has 0 saturated heterocycles. The lowest BCUT2D eigenvalue weighted by Gasteiger charge is -2.13. The van der Waals surface area contributed by atoms with Crippen LogP contribution < -0.4 is 10.0 Å². The molecule has 0 amide bonds. The summed E-state index contributed by atoms with van der Waals surface area (Å²) in [5.74, 6) is 0.764. The average Bonchev–Trinajstić information content (AvgIpc) is 2.44. The van der Waals surface area contributed by atoms with E-state index in [1.807, 2.05) is 25.3 Å². The second kappa shape index (κ2) is 9.46. The monoisotopic (exact) mass is 330 g/mol. The molecule has 1 atom stereocenters. The number of benzene rings is 1. The number of hydrogen-bond donors (Lipinski definition) is 2. The molecule has 0 aliphatic carbocycles. The standard InChI is InChI=1S/C15H26N2O2S2/c1-4-10-16-11-9-14-5-7-15(8-6-14)21(18,19)17-13(2)12-20-3/h5-8,13,16-17H,4,9-12H2,1-3H3. The van der Waals surface area contributed by atoms with Crippen LogP contribution in [0.15, 0.2) is 29.2 Å². The van der Waals surface area contributed by atoms with Crippen molar-refractivity contribution in [2.75, 3.05) is 25.1 Å². The van der Waals surface area contributed by atoms with Gasteiger partial charge in [-0.2, -0.15) is 11.8 Å². The molecule has 0 fully saturated rings. The number of thioether (sulfide) groups is 1. The summed E-state index contributed by atoms with van der Waals surface area (Å²) in [6.07, 6.45) is 4.00. The SMILES string of the molecule is CCCNCCc1ccc(S(=O)(=O)NC(C)CSC)cc1. The average molecular weight is 331 g/mol. The van der Waals surface area contributed by atoms with Crippen LogP contribution in [0.4, 0.5) is 0 Å². The molecule has 2 N–H and O–H groups in total. The Morgan fingerprint density at radius 1 is 1.19 bits per heavy atom. The fraction of sp³-hybridized carbons (Fsp3) is 0.600. The van der Waals surface area contributed by atoms with E-state index in [0.717, 1.165) is 37.2 Å². The van der Waals surface area contributed by atoms with Crippen LogP contribution in [-0.4, -0.2) is 39.6 Å². The van der Waals surface area contributed by atoms with Gasteiger partial charge in [0, 0.05) is 11.8 Å². The van der Waals surface area contributed by atoms with E-state index < -0.39 is 10.0 Å². The number of hydrogen-bond acceptors (Lipinski definition) is 4. The maximum atomic E-state index is 12.2. The largest absolute Gasteiger partial charge is 0.316 e. The number of sulfonamides is 1. The third kappa shape index (κ3) is 6.82. The van der Waals surface area contributed by atoms with Crippen LogP contribution in [0.5, 0.6) is 0 Å². The van der Waals surface area contributed by atoms with Crippen molar-refractivity contribution in [1.82, 2.24) is 10.0 Å². The second-order valence-electron chi connectivity index (χ2n) is 5.12. The Bertz CT molecular complexity index is 501. The van der Waals surface area contributed by atoms with Crippen molar-refractivity contribution in [2.24, 2.45) is 0 Å². The van der Waals surface area contributed by atoms with Crippen LogP contribution in [0.1, 0.15) is 25.8 Å². The maximum Gasteiger partial charge on any atom is 0.240 e. The van der Waals surface area contributed by atoms with E-state index >= 15 is 0 Å². The van der Waals surface area contributed by atoms with E-state index in [1.165, 1.54) is 0 Å². The first-order valence-electron chi connectivity index (χ1n) is 7.30. The third-order valence-corrected chi connectivity index (χ3v) is 5.46.